The Hall–Kier alpha value is -2.46. The minimum absolute atomic E-state index is 0.110. The normalized spacial score (nSPS) is 18.0. The maximum atomic E-state index is 13.5. The fourth-order valence-corrected chi connectivity index (χ4v) is 7.91. The second kappa shape index (κ2) is 10.8. The first kappa shape index (κ1) is 29.5. The summed E-state index contributed by atoms with van der Waals surface area (Å²) in [5.41, 5.74) is 1.64. The Morgan fingerprint density at radius 2 is 1.92 bits per heavy atom. The van der Waals surface area contributed by atoms with Crippen molar-refractivity contribution in [2.45, 2.75) is 76.8 Å². The number of rotatable bonds is 8. The summed E-state index contributed by atoms with van der Waals surface area (Å²) in [5, 5.41) is 10.5. The molecule has 1 atom stereocenters. The molecule has 39 heavy (non-hydrogen) atoms. The van der Waals surface area contributed by atoms with Gasteiger partial charge < -0.3 is 4.90 Å². The molecule has 1 aliphatic heterocycles. The van der Waals surface area contributed by atoms with Crippen LogP contribution in [0.4, 0.5) is 5.82 Å². The number of hydrogen-bond acceptors (Lipinski definition) is 6. The summed E-state index contributed by atoms with van der Waals surface area (Å²) in [6.07, 6.45) is 10.8. The quantitative estimate of drug-likeness (QED) is 0.323. The number of amides is 1. The number of aromatic nitrogens is 5. The summed E-state index contributed by atoms with van der Waals surface area (Å²) < 4.78 is 6.64. The summed E-state index contributed by atoms with van der Waals surface area (Å²) in [7, 11) is 0.846. The summed E-state index contributed by atoms with van der Waals surface area (Å²) >= 11 is 1.29. The summed E-state index contributed by atoms with van der Waals surface area (Å²) in [6, 6.07) is 5.93. The number of nitrogens with one attached hydrogen (secondary N) is 1. The van der Waals surface area contributed by atoms with Gasteiger partial charge in [0.25, 0.3) is 5.91 Å². The van der Waals surface area contributed by atoms with Gasteiger partial charge in [-0.2, -0.15) is 10.2 Å². The molecule has 4 rings (SSSR count). The van der Waals surface area contributed by atoms with Gasteiger partial charge in [0.2, 0.25) is 0 Å². The molecule has 0 radical (unpaired) electrons. The summed E-state index contributed by atoms with van der Waals surface area (Å²) in [5.74, 6) is 2.92. The van der Waals surface area contributed by atoms with Crippen LogP contribution in [-0.4, -0.2) is 60.8 Å². The molecule has 0 bridgehead atoms. The van der Waals surface area contributed by atoms with Crippen LogP contribution >= 0.6 is 22.0 Å². The van der Waals surface area contributed by atoms with Gasteiger partial charge in [-0.05, 0) is 93.4 Å². The van der Waals surface area contributed by atoms with E-state index in [1.54, 1.807) is 4.68 Å². The molecule has 0 spiro atoms. The van der Waals surface area contributed by atoms with Crippen LogP contribution in [0.15, 0.2) is 40.5 Å². The predicted octanol–water partition coefficient (Wildman–Crippen LogP) is 6.23. The molecule has 1 fully saturated rings. The van der Waals surface area contributed by atoms with Crippen molar-refractivity contribution in [1.29, 1.82) is 0 Å². The maximum Gasteiger partial charge on any atom is 0.265 e. The Morgan fingerprint density at radius 3 is 2.51 bits per heavy atom. The highest BCUT2D eigenvalue weighted by molar-refractivity contribution is 8.32. The molecule has 0 aliphatic carbocycles. The fraction of sp³-hybridized carbons (Fsp3) is 0.586. The lowest BCUT2D eigenvalue weighted by atomic mass is 9.94. The summed E-state index contributed by atoms with van der Waals surface area (Å²) in [4.78, 5) is 21.8. The molecule has 10 heteroatoms. The van der Waals surface area contributed by atoms with E-state index in [4.69, 9.17) is 10.1 Å². The first-order chi connectivity index (χ1) is 18.1. The van der Waals surface area contributed by atoms with Crippen LogP contribution in [0.5, 0.6) is 0 Å². The Bertz CT molecular complexity index is 1340. The van der Waals surface area contributed by atoms with Gasteiger partial charge in [-0.1, -0.05) is 27.7 Å². The van der Waals surface area contributed by atoms with Crippen molar-refractivity contribution in [3.05, 3.63) is 41.9 Å². The highest BCUT2D eigenvalue weighted by Gasteiger charge is 2.39. The number of pyridine rings is 1. The van der Waals surface area contributed by atoms with Crippen LogP contribution in [-0.2, 0) is 7.05 Å². The van der Waals surface area contributed by atoms with E-state index in [9.17, 15) is 4.79 Å². The topological polar surface area (TPSA) is 80.9 Å². The van der Waals surface area contributed by atoms with E-state index < -0.39 is 10.0 Å². The molecule has 4 heterocycles. The van der Waals surface area contributed by atoms with Gasteiger partial charge in [0.15, 0.2) is 5.82 Å². The first-order valence-corrected chi connectivity index (χ1v) is 17.0. The number of anilines is 1. The van der Waals surface area contributed by atoms with Gasteiger partial charge in [-0.15, -0.1) is 0 Å². The van der Waals surface area contributed by atoms with Crippen LogP contribution < -0.4 is 9.62 Å². The van der Waals surface area contributed by atoms with Gasteiger partial charge in [-0.3, -0.25) is 14.2 Å². The second-order valence-corrected chi connectivity index (χ2v) is 18.0. The molecule has 0 saturated carbocycles. The van der Waals surface area contributed by atoms with Gasteiger partial charge in [0, 0.05) is 31.5 Å². The highest BCUT2D eigenvalue weighted by atomic mass is 32.3. The van der Waals surface area contributed by atoms with E-state index >= 15 is 0 Å². The van der Waals surface area contributed by atoms with Crippen molar-refractivity contribution < 1.29 is 4.79 Å². The average molecular weight is 572 g/mol. The molecule has 8 nitrogen and oxygen atoms in total. The Balaban J connectivity index is 1.65. The molecule has 1 unspecified atom stereocenters. The number of carbonyl (C=O) groups is 1. The first-order valence-electron chi connectivity index (χ1n) is 13.6. The standard InChI is InChI=1S/C29H45N7OS2/c1-20-17-29(6,7)35(18-20)26-22(27(37)33-38-23-19-34(8)31-21(23)2)11-12-24(30-26)36-15-13-25(32-36)39(9,10)16-14-28(3,4)5/h11-13,15,19-20H,14,16-18H2,1-10H3,(H,33,37). The van der Waals surface area contributed by atoms with E-state index in [2.05, 4.69) is 74.8 Å². The van der Waals surface area contributed by atoms with Crippen LogP contribution in [0.1, 0.15) is 70.4 Å². The lowest BCUT2D eigenvalue weighted by molar-refractivity contribution is 0.0984. The smallest absolute Gasteiger partial charge is 0.265 e. The molecule has 0 aromatic carbocycles. The molecule has 214 valence electrons. The minimum Gasteiger partial charge on any atom is -0.350 e. The number of carbonyl (C=O) groups excluding carboxylic acids is 1. The van der Waals surface area contributed by atoms with Gasteiger partial charge >= 0.3 is 0 Å². The zero-order valence-electron chi connectivity index (χ0n) is 25.2. The Morgan fingerprint density at radius 1 is 1.21 bits per heavy atom. The zero-order valence-corrected chi connectivity index (χ0v) is 26.8. The number of hydrogen-bond donors (Lipinski definition) is 1. The van der Waals surface area contributed by atoms with Gasteiger partial charge in [0.1, 0.15) is 10.8 Å². The third kappa shape index (κ3) is 6.82. The Labute approximate surface area is 239 Å². The third-order valence-corrected chi connectivity index (χ3v) is 10.9. The number of aryl methyl sites for hydroxylation is 2. The average Bonchev–Trinajstić information content (AvgIpc) is 3.52. The van der Waals surface area contributed by atoms with Gasteiger partial charge in [0.05, 0.1) is 16.2 Å². The van der Waals surface area contributed by atoms with Gasteiger partial charge in [-0.25, -0.2) is 19.7 Å². The third-order valence-electron chi connectivity index (χ3n) is 7.38. The molecule has 1 N–H and O–H groups in total. The van der Waals surface area contributed by atoms with E-state index in [1.807, 2.05) is 43.2 Å². The maximum absolute atomic E-state index is 13.5. The molecule has 1 aliphatic rings. The summed E-state index contributed by atoms with van der Waals surface area (Å²) in [6.45, 7) is 16.4. The van der Waals surface area contributed by atoms with Crippen LogP contribution in [0, 0.1) is 18.3 Å². The largest absolute Gasteiger partial charge is 0.350 e. The highest BCUT2D eigenvalue weighted by Crippen LogP contribution is 2.50. The van der Waals surface area contributed by atoms with Crippen LogP contribution in [0.25, 0.3) is 5.82 Å². The van der Waals surface area contributed by atoms with Crippen LogP contribution in [0.3, 0.4) is 0 Å². The number of nitrogens with zero attached hydrogens (tertiary/aromatic N) is 6. The Kier molecular flexibility index (Phi) is 8.21. The molecule has 3 aromatic heterocycles. The van der Waals surface area contributed by atoms with E-state index in [-0.39, 0.29) is 11.4 Å². The van der Waals surface area contributed by atoms with Crippen molar-refractivity contribution in [2.75, 3.05) is 29.7 Å². The van der Waals surface area contributed by atoms with Crippen molar-refractivity contribution in [2.24, 2.45) is 18.4 Å². The van der Waals surface area contributed by atoms with E-state index in [0.29, 0.717) is 22.7 Å². The molecular formula is C29H45N7OS2. The monoisotopic (exact) mass is 571 g/mol. The van der Waals surface area contributed by atoms with Crippen molar-refractivity contribution in [3.63, 3.8) is 0 Å². The van der Waals surface area contributed by atoms with Crippen LogP contribution in [0.2, 0.25) is 0 Å². The van der Waals surface area contributed by atoms with E-state index in [1.165, 1.54) is 11.9 Å². The molecular weight excluding hydrogens is 527 g/mol. The molecule has 1 saturated heterocycles. The lowest BCUT2D eigenvalue weighted by Crippen LogP contribution is -2.40. The molecule has 1 amide bonds. The fourth-order valence-electron chi connectivity index (χ4n) is 5.14. The van der Waals surface area contributed by atoms with Crippen molar-refractivity contribution in [1.82, 2.24) is 29.3 Å². The predicted molar refractivity (Wildman–Crippen MR) is 164 cm³/mol. The van der Waals surface area contributed by atoms with Crippen molar-refractivity contribution in [3.8, 4) is 5.82 Å². The van der Waals surface area contributed by atoms with Crippen molar-refractivity contribution >= 4 is 33.7 Å². The zero-order chi connectivity index (χ0) is 28.8. The SMILES string of the molecule is Cc1nn(C)cc1SNC(=O)c1ccc(-n2ccc(S(C)(C)CCC(C)(C)C)n2)nc1N1CC(C)CC1(C)C. The lowest BCUT2D eigenvalue weighted by Gasteiger charge is -2.34. The second-order valence-electron chi connectivity index (χ2n) is 13.2. The minimum atomic E-state index is -1.03. The molecule has 3 aromatic rings. The van der Waals surface area contributed by atoms with E-state index in [0.717, 1.165) is 46.6 Å².